The summed E-state index contributed by atoms with van der Waals surface area (Å²) in [7, 11) is 0. The molecule has 0 bridgehead atoms. The van der Waals surface area contributed by atoms with Gasteiger partial charge in [-0.3, -0.25) is 14.5 Å². The maximum Gasteiger partial charge on any atom is 0.271 e. The molecule has 8 nitrogen and oxygen atoms in total. The number of hydrogen-bond acceptors (Lipinski definition) is 6. The van der Waals surface area contributed by atoms with Crippen LogP contribution < -0.4 is 4.74 Å². The number of carbonyl (C=O) groups excluding carboxylic acids is 2. The van der Waals surface area contributed by atoms with Crippen LogP contribution in [0.4, 0.5) is 0 Å². The average Bonchev–Trinajstić information content (AvgIpc) is 3.61. The van der Waals surface area contributed by atoms with E-state index in [1.54, 1.807) is 29.8 Å². The number of benzene rings is 2. The van der Waals surface area contributed by atoms with Gasteiger partial charge in [0, 0.05) is 29.5 Å². The van der Waals surface area contributed by atoms with Gasteiger partial charge in [0.2, 0.25) is 0 Å². The molecule has 3 heterocycles. The second kappa shape index (κ2) is 11.3. The summed E-state index contributed by atoms with van der Waals surface area (Å²) in [5, 5.41) is 15.1. The summed E-state index contributed by atoms with van der Waals surface area (Å²) in [6.07, 6.45) is 4.90. The molecule has 0 radical (unpaired) electrons. The van der Waals surface area contributed by atoms with Crippen molar-refractivity contribution in [2.75, 3.05) is 19.8 Å². The molecule has 0 spiro atoms. The molecule has 1 unspecified atom stereocenters. The van der Waals surface area contributed by atoms with Gasteiger partial charge < -0.3 is 9.47 Å². The molecule has 0 aliphatic carbocycles. The number of imide groups is 1. The van der Waals surface area contributed by atoms with Crippen LogP contribution in [0.2, 0.25) is 5.02 Å². The molecule has 1 aromatic heterocycles. The normalized spacial score (nSPS) is 18.7. The molecule has 1 fully saturated rings. The van der Waals surface area contributed by atoms with Gasteiger partial charge >= 0.3 is 0 Å². The molecule has 2 aromatic carbocycles. The Balaban J connectivity index is 1.63. The smallest absolute Gasteiger partial charge is 0.271 e. The zero-order valence-corrected chi connectivity index (χ0v) is 22.4. The molecular weight excluding hydrogens is 516 g/mol. The topological polar surface area (TPSA) is 97.4 Å². The minimum atomic E-state index is -0.592. The lowest BCUT2D eigenvalue weighted by atomic mass is 9.93. The van der Waals surface area contributed by atoms with Crippen LogP contribution in [-0.2, 0) is 14.3 Å². The van der Waals surface area contributed by atoms with E-state index in [0.29, 0.717) is 40.8 Å². The van der Waals surface area contributed by atoms with Crippen molar-refractivity contribution in [3.05, 3.63) is 82.0 Å². The summed E-state index contributed by atoms with van der Waals surface area (Å²) in [5.41, 5.74) is 3.30. The van der Waals surface area contributed by atoms with E-state index in [1.807, 2.05) is 55.6 Å². The number of para-hydroxylation sites is 1. The lowest BCUT2D eigenvalue weighted by Crippen LogP contribution is -2.46. The van der Waals surface area contributed by atoms with Crippen LogP contribution in [0.1, 0.15) is 32.3 Å². The average molecular weight is 543 g/mol. The molecule has 0 saturated carbocycles. The maximum absolute atomic E-state index is 13.7. The van der Waals surface area contributed by atoms with Crippen LogP contribution in [0.3, 0.4) is 0 Å². The summed E-state index contributed by atoms with van der Waals surface area (Å²) in [6.45, 7) is 4.69. The Kier molecular flexibility index (Phi) is 7.64. The predicted octanol–water partition coefficient (Wildman–Crippen LogP) is 5.36. The van der Waals surface area contributed by atoms with Gasteiger partial charge in [0.15, 0.2) is 0 Å². The number of amides is 2. The van der Waals surface area contributed by atoms with Crippen molar-refractivity contribution < 1.29 is 19.1 Å². The van der Waals surface area contributed by atoms with Crippen molar-refractivity contribution in [1.82, 2.24) is 14.7 Å². The summed E-state index contributed by atoms with van der Waals surface area (Å²) in [6, 6.07) is 17.0. The first-order valence-corrected chi connectivity index (χ1v) is 13.2. The largest absolute Gasteiger partial charge is 0.492 e. The highest BCUT2D eigenvalue weighted by Crippen LogP contribution is 2.35. The fourth-order valence-corrected chi connectivity index (χ4v) is 5.03. The van der Waals surface area contributed by atoms with E-state index in [1.165, 1.54) is 0 Å². The Morgan fingerprint density at radius 2 is 2.00 bits per heavy atom. The van der Waals surface area contributed by atoms with Crippen molar-refractivity contribution >= 4 is 29.5 Å². The minimum Gasteiger partial charge on any atom is -0.492 e. The summed E-state index contributed by atoms with van der Waals surface area (Å²) in [4.78, 5) is 27.9. The predicted molar refractivity (Wildman–Crippen MR) is 147 cm³/mol. The quantitative estimate of drug-likeness (QED) is 0.294. The number of ether oxygens (including phenoxy) is 2. The summed E-state index contributed by atoms with van der Waals surface area (Å²) in [5.74, 6) is -0.491. The fourth-order valence-electron chi connectivity index (χ4n) is 4.79. The number of nitriles is 1. The van der Waals surface area contributed by atoms with Crippen LogP contribution in [0.15, 0.2) is 71.4 Å². The van der Waals surface area contributed by atoms with Crippen molar-refractivity contribution in [2.24, 2.45) is 0 Å². The number of nitrogens with zero attached hydrogens (tertiary/aromatic N) is 4. The first-order chi connectivity index (χ1) is 18.9. The van der Waals surface area contributed by atoms with E-state index in [2.05, 4.69) is 0 Å². The minimum absolute atomic E-state index is 0.0556. The molecule has 0 N–H and O–H groups in total. The van der Waals surface area contributed by atoms with Gasteiger partial charge in [-0.05, 0) is 68.7 Å². The van der Waals surface area contributed by atoms with E-state index in [0.717, 1.165) is 29.0 Å². The molecule has 2 amide bonds. The second-order valence-electron chi connectivity index (χ2n) is 9.32. The third kappa shape index (κ3) is 5.24. The lowest BCUT2D eigenvalue weighted by Gasteiger charge is -2.29. The monoisotopic (exact) mass is 542 g/mol. The van der Waals surface area contributed by atoms with E-state index in [4.69, 9.17) is 26.2 Å². The molecule has 9 heteroatoms. The van der Waals surface area contributed by atoms with E-state index >= 15 is 0 Å². The highest BCUT2D eigenvalue weighted by atomic mass is 35.5. The number of rotatable bonds is 7. The van der Waals surface area contributed by atoms with Crippen molar-refractivity contribution in [3.8, 4) is 28.8 Å². The highest BCUT2D eigenvalue weighted by Gasteiger charge is 2.37. The third-order valence-electron chi connectivity index (χ3n) is 6.80. The van der Waals surface area contributed by atoms with Crippen LogP contribution in [0.5, 0.6) is 5.75 Å². The zero-order chi connectivity index (χ0) is 27.5. The molecular formula is C30H27ClN4O4. The van der Waals surface area contributed by atoms with E-state index < -0.39 is 11.8 Å². The van der Waals surface area contributed by atoms with Crippen LogP contribution in [0, 0.1) is 11.3 Å². The molecule has 39 heavy (non-hydrogen) atoms. The molecule has 3 aromatic rings. The van der Waals surface area contributed by atoms with E-state index in [9.17, 15) is 14.9 Å². The van der Waals surface area contributed by atoms with Gasteiger partial charge in [0.05, 0.1) is 30.0 Å². The fraction of sp³-hybridized carbons (Fsp3) is 0.267. The molecule has 2 aliphatic heterocycles. The Labute approximate surface area is 231 Å². The molecule has 2 aliphatic rings. The molecule has 5 rings (SSSR count). The van der Waals surface area contributed by atoms with Gasteiger partial charge in [-0.15, -0.1) is 0 Å². The Morgan fingerprint density at radius 3 is 2.67 bits per heavy atom. The Bertz CT molecular complexity index is 1530. The van der Waals surface area contributed by atoms with Crippen LogP contribution in [-0.4, -0.2) is 52.4 Å². The van der Waals surface area contributed by atoms with Gasteiger partial charge in [-0.1, -0.05) is 29.8 Å². The Morgan fingerprint density at radius 1 is 1.21 bits per heavy atom. The molecule has 1 saturated heterocycles. The standard InChI is InChI=1S/C30H27ClN4O4/c1-3-38-27-12-11-20(15-26(27)31)28-21(17-35(33-28)22-8-5-4-6-9-22)14-24-19(2)25(16-32)30(37)34(29(24)36)18-23-10-7-13-39-23/h4-6,8-9,11-12,14-15,17,23H,3,7,10,13,18H2,1-2H3/b24-14+. The molecule has 1 atom stereocenters. The van der Waals surface area contributed by atoms with Gasteiger partial charge in [-0.2, -0.15) is 10.4 Å². The number of carbonyl (C=O) groups is 2. The van der Waals surface area contributed by atoms with E-state index in [-0.39, 0.29) is 23.8 Å². The van der Waals surface area contributed by atoms with Crippen LogP contribution >= 0.6 is 11.6 Å². The van der Waals surface area contributed by atoms with Crippen molar-refractivity contribution in [3.63, 3.8) is 0 Å². The first kappa shape index (κ1) is 26.4. The maximum atomic E-state index is 13.7. The number of halogens is 1. The second-order valence-corrected chi connectivity index (χ2v) is 9.72. The summed E-state index contributed by atoms with van der Waals surface area (Å²) < 4.78 is 13.0. The number of hydrogen-bond donors (Lipinski definition) is 0. The highest BCUT2D eigenvalue weighted by molar-refractivity contribution is 6.32. The van der Waals surface area contributed by atoms with Gasteiger partial charge in [0.1, 0.15) is 23.1 Å². The van der Waals surface area contributed by atoms with Crippen molar-refractivity contribution in [1.29, 1.82) is 5.26 Å². The Hall–Kier alpha value is -4.19. The molecule has 198 valence electrons. The SMILES string of the molecule is CCOc1ccc(-c2nn(-c3ccccc3)cc2/C=C2/C(=O)N(CC3CCCO3)C(=O)C(C#N)=C2C)cc1Cl. The van der Waals surface area contributed by atoms with Gasteiger partial charge in [0.25, 0.3) is 11.8 Å². The van der Waals surface area contributed by atoms with Crippen LogP contribution in [0.25, 0.3) is 23.0 Å². The first-order valence-electron chi connectivity index (χ1n) is 12.8. The third-order valence-corrected chi connectivity index (χ3v) is 7.10. The van der Waals surface area contributed by atoms with Gasteiger partial charge in [-0.25, -0.2) is 4.68 Å². The summed E-state index contributed by atoms with van der Waals surface area (Å²) >= 11 is 6.50. The zero-order valence-electron chi connectivity index (χ0n) is 21.7. The van der Waals surface area contributed by atoms with Crippen molar-refractivity contribution in [2.45, 2.75) is 32.8 Å². The lowest BCUT2D eigenvalue weighted by molar-refractivity contribution is -0.142. The number of aromatic nitrogens is 2.